The molecule has 0 spiro atoms. The molecule has 1 fully saturated rings. The van der Waals surface area contributed by atoms with Gasteiger partial charge in [-0.2, -0.15) is 0 Å². The highest BCUT2D eigenvalue weighted by molar-refractivity contribution is 7.47. The van der Waals surface area contributed by atoms with Crippen LogP contribution in [0.2, 0.25) is 0 Å². The number of ketones is 1. The van der Waals surface area contributed by atoms with Crippen LogP contribution >= 0.6 is 7.82 Å². The number of quaternary nitrogens is 1. The molecule has 1 aliphatic rings. The van der Waals surface area contributed by atoms with E-state index in [0.717, 1.165) is 51.4 Å². The molecule has 0 aliphatic heterocycles. The highest BCUT2D eigenvalue weighted by atomic mass is 31.2. The van der Waals surface area contributed by atoms with Gasteiger partial charge in [-0.1, -0.05) is 107 Å². The molecular weight excluding hydrogens is 773 g/mol. The number of hydrogen-bond acceptors (Lipinski definition) is 10. The topological polar surface area (TPSA) is 166 Å². The van der Waals surface area contributed by atoms with E-state index in [1.807, 2.05) is 33.3 Å². The van der Waals surface area contributed by atoms with E-state index in [0.29, 0.717) is 43.1 Å². The minimum Gasteiger partial charge on any atom is -0.462 e. The summed E-state index contributed by atoms with van der Waals surface area (Å²) in [5.41, 5.74) is 0. The zero-order chi connectivity index (χ0) is 43.8. The van der Waals surface area contributed by atoms with Crippen molar-refractivity contribution in [2.75, 3.05) is 47.5 Å². The maximum Gasteiger partial charge on any atom is 0.472 e. The zero-order valence-electron chi connectivity index (χ0n) is 36.9. The predicted octanol–water partition coefficient (Wildman–Crippen LogP) is 9.05. The lowest BCUT2D eigenvalue weighted by Crippen LogP contribution is -2.37. The molecule has 13 heteroatoms. The number of rotatable bonds is 35. The minimum atomic E-state index is -4.45. The molecule has 6 atom stereocenters. The predicted molar refractivity (Wildman–Crippen MR) is 234 cm³/mol. The highest BCUT2D eigenvalue weighted by Crippen LogP contribution is 2.43. The average molecular weight is 853 g/mol. The lowest BCUT2D eigenvalue weighted by atomic mass is 9.90. The van der Waals surface area contributed by atoms with Crippen LogP contribution < -0.4 is 0 Å². The number of ether oxygens (including phenoxy) is 2. The van der Waals surface area contributed by atoms with E-state index in [1.165, 1.54) is 19.3 Å². The van der Waals surface area contributed by atoms with Crippen molar-refractivity contribution in [3.8, 4) is 0 Å². The van der Waals surface area contributed by atoms with Gasteiger partial charge in [-0.15, -0.1) is 0 Å². The number of phosphoric acid groups is 1. The average Bonchev–Trinajstić information content (AvgIpc) is 3.44. The third-order valence-corrected chi connectivity index (χ3v) is 10.9. The van der Waals surface area contributed by atoms with Gasteiger partial charge < -0.3 is 29.1 Å². The molecule has 0 aromatic rings. The molecule has 12 nitrogen and oxygen atoms in total. The van der Waals surface area contributed by atoms with Gasteiger partial charge in [0.2, 0.25) is 0 Å². The van der Waals surface area contributed by atoms with Gasteiger partial charge in [-0.05, 0) is 70.6 Å². The Morgan fingerprint density at radius 3 is 2.05 bits per heavy atom. The molecule has 0 aromatic carbocycles. The second-order valence-electron chi connectivity index (χ2n) is 16.5. The molecule has 0 heterocycles. The van der Waals surface area contributed by atoms with Crippen LogP contribution in [-0.2, 0) is 37.5 Å². The molecule has 1 aliphatic carbocycles. The lowest BCUT2D eigenvalue weighted by molar-refractivity contribution is -0.870. The second kappa shape index (κ2) is 33.0. The van der Waals surface area contributed by atoms with Crippen molar-refractivity contribution in [3.63, 3.8) is 0 Å². The van der Waals surface area contributed by atoms with Crippen LogP contribution in [0, 0.1) is 11.8 Å². The van der Waals surface area contributed by atoms with Crippen molar-refractivity contribution in [2.45, 2.75) is 154 Å². The third-order valence-electron chi connectivity index (χ3n) is 9.90. The lowest BCUT2D eigenvalue weighted by Gasteiger charge is -2.24. The standard InChI is InChI=1S/C46H78NO11P/c1-6-8-10-11-12-13-14-15-16-17-18-19-20-21-27-31-46(52)58-40(38-57-59(53,54)56-35-34-47(3,4)5)37-55-45(51)30-26-23-22-25-29-41-42(44(50)36-43(41)49)33-32-39(48)28-24-9-7-2/h12-13,15-16,18-19,22,25,32-33,39-43,48-49H,6-11,14,17,20-21,23-24,26-31,34-38H2,1-5H3/p+1/b13-12-,16-15-,19-18-,25-22-,33-32+/t39-,40+,41+,42+,43-/m0/s1. The summed E-state index contributed by atoms with van der Waals surface area (Å²) < 4.78 is 34.2. The quantitative estimate of drug-likeness (QED) is 0.0183. The molecule has 3 N–H and O–H groups in total. The number of carbonyl (C=O) groups excluding carboxylic acids is 3. The first-order valence-electron chi connectivity index (χ1n) is 22.1. The number of esters is 2. The van der Waals surface area contributed by atoms with Crippen molar-refractivity contribution in [3.05, 3.63) is 60.8 Å². The Bertz CT molecular complexity index is 1350. The molecule has 338 valence electrons. The monoisotopic (exact) mass is 853 g/mol. The van der Waals surface area contributed by atoms with E-state index < -0.39 is 50.6 Å². The number of phosphoric ester groups is 1. The van der Waals surface area contributed by atoms with E-state index in [4.69, 9.17) is 18.5 Å². The minimum absolute atomic E-state index is 0.0211. The van der Waals surface area contributed by atoms with Gasteiger partial charge >= 0.3 is 19.8 Å². The van der Waals surface area contributed by atoms with Crippen LogP contribution in [0.15, 0.2) is 60.8 Å². The molecule has 0 radical (unpaired) electrons. The Hall–Kier alpha value is -2.70. The van der Waals surface area contributed by atoms with E-state index in [2.05, 4.69) is 50.3 Å². The molecule has 1 saturated carbocycles. The summed E-state index contributed by atoms with van der Waals surface area (Å²) in [6.45, 7) is 3.91. The molecule has 59 heavy (non-hydrogen) atoms. The van der Waals surface area contributed by atoms with Crippen molar-refractivity contribution in [1.82, 2.24) is 0 Å². The smallest absolute Gasteiger partial charge is 0.462 e. The van der Waals surface area contributed by atoms with Crippen molar-refractivity contribution in [1.29, 1.82) is 0 Å². The Morgan fingerprint density at radius 1 is 0.797 bits per heavy atom. The van der Waals surface area contributed by atoms with Crippen LogP contribution in [0.4, 0.5) is 0 Å². The number of Topliss-reactive ketones (excluding diaryl/α,β-unsaturated/α-hetero) is 1. The summed E-state index contributed by atoms with van der Waals surface area (Å²) in [5.74, 6) is -1.79. The maximum atomic E-state index is 12.7. The zero-order valence-corrected chi connectivity index (χ0v) is 37.8. The fraction of sp³-hybridized carbons (Fsp3) is 0.717. The van der Waals surface area contributed by atoms with Crippen molar-refractivity contribution >= 4 is 25.5 Å². The number of aliphatic hydroxyl groups is 2. The van der Waals surface area contributed by atoms with Gasteiger partial charge in [0.25, 0.3) is 0 Å². The molecular formula is C46H79NO11P+. The highest BCUT2D eigenvalue weighted by Gasteiger charge is 2.39. The normalized spacial score (nSPS) is 19.8. The number of aliphatic hydroxyl groups excluding tert-OH is 2. The first-order valence-corrected chi connectivity index (χ1v) is 23.6. The van der Waals surface area contributed by atoms with Crippen LogP contribution in [0.3, 0.4) is 0 Å². The Morgan fingerprint density at radius 2 is 1.39 bits per heavy atom. The van der Waals surface area contributed by atoms with Crippen LogP contribution in [-0.4, -0.2) is 103 Å². The Labute approximate surface area is 356 Å². The first kappa shape index (κ1) is 54.3. The number of nitrogens with zero attached hydrogens (tertiary/aromatic N) is 1. The number of unbranched alkanes of at least 4 members (excludes halogenated alkanes) is 8. The van der Waals surface area contributed by atoms with Crippen LogP contribution in [0.25, 0.3) is 0 Å². The molecule has 0 amide bonds. The SMILES string of the molecule is CCCCC/C=C\C/C=C\C/C=C\CCCCC(=O)O[C@H](COC(=O)CCC/C=C\C[C@H]1[C@@H](O)CC(=O)[C@@H]1/C=C/[C@@H](O)CCCCC)COP(=O)(O)OCC[N+](C)(C)C. The Kier molecular flexibility index (Phi) is 30.4. The summed E-state index contributed by atoms with van der Waals surface area (Å²) in [4.78, 5) is 48.0. The van der Waals surface area contributed by atoms with E-state index in [9.17, 15) is 34.1 Å². The summed E-state index contributed by atoms with van der Waals surface area (Å²) in [7, 11) is 1.30. The third kappa shape index (κ3) is 30.1. The fourth-order valence-corrected chi connectivity index (χ4v) is 7.04. The van der Waals surface area contributed by atoms with E-state index in [-0.39, 0.29) is 44.2 Å². The van der Waals surface area contributed by atoms with Gasteiger partial charge in [-0.3, -0.25) is 23.4 Å². The summed E-state index contributed by atoms with van der Waals surface area (Å²) in [6.07, 6.45) is 32.1. The molecule has 1 unspecified atom stereocenters. The largest absolute Gasteiger partial charge is 0.472 e. The molecule has 1 rings (SSSR count). The molecule has 0 aromatic heterocycles. The van der Waals surface area contributed by atoms with Gasteiger partial charge in [0.1, 0.15) is 25.5 Å². The van der Waals surface area contributed by atoms with Crippen molar-refractivity contribution in [2.24, 2.45) is 11.8 Å². The second-order valence-corrected chi connectivity index (χ2v) is 18.0. The van der Waals surface area contributed by atoms with Crippen LogP contribution in [0.1, 0.15) is 136 Å². The van der Waals surface area contributed by atoms with Gasteiger partial charge in [0.15, 0.2) is 6.10 Å². The van der Waals surface area contributed by atoms with Crippen molar-refractivity contribution < 1.29 is 57.1 Å². The Balaban J connectivity index is 2.55. The van der Waals surface area contributed by atoms with E-state index >= 15 is 0 Å². The fourth-order valence-electron chi connectivity index (χ4n) is 6.29. The molecule has 0 saturated heterocycles. The van der Waals surface area contributed by atoms with Crippen LogP contribution in [0.5, 0.6) is 0 Å². The number of carbonyl (C=O) groups is 3. The van der Waals surface area contributed by atoms with Gasteiger partial charge in [-0.25, -0.2) is 4.57 Å². The summed E-state index contributed by atoms with van der Waals surface area (Å²) in [6, 6.07) is 0. The maximum absolute atomic E-state index is 12.7. The number of allylic oxidation sites excluding steroid dienone is 9. The van der Waals surface area contributed by atoms with Gasteiger partial charge in [0, 0.05) is 31.1 Å². The summed E-state index contributed by atoms with van der Waals surface area (Å²) in [5, 5.41) is 20.7. The number of hydrogen-bond donors (Lipinski definition) is 3. The molecule has 0 bridgehead atoms. The summed E-state index contributed by atoms with van der Waals surface area (Å²) >= 11 is 0. The first-order chi connectivity index (χ1) is 28.2. The number of likely N-dealkylation sites (N-methyl/N-ethyl adjacent to an activating group) is 1. The van der Waals surface area contributed by atoms with Gasteiger partial charge in [0.05, 0.1) is 40.0 Å². The van der Waals surface area contributed by atoms with E-state index in [1.54, 1.807) is 12.2 Å².